The van der Waals surface area contributed by atoms with E-state index in [2.05, 4.69) is 57.3 Å². The van der Waals surface area contributed by atoms with Crippen molar-refractivity contribution < 1.29 is 0 Å². The SMILES string of the molecule is CCCNc1ncnc(NC2CCC(CC)C2C)c1Br. The van der Waals surface area contributed by atoms with Crippen LogP contribution < -0.4 is 10.6 Å². The molecule has 0 saturated heterocycles. The molecule has 0 spiro atoms. The van der Waals surface area contributed by atoms with Crippen LogP contribution in [0.3, 0.4) is 0 Å². The van der Waals surface area contributed by atoms with Crippen molar-refractivity contribution >= 4 is 27.6 Å². The predicted molar refractivity (Wildman–Crippen MR) is 88.1 cm³/mol. The third-order valence-electron chi connectivity index (χ3n) is 4.41. The number of nitrogens with one attached hydrogen (secondary N) is 2. The highest BCUT2D eigenvalue weighted by Crippen LogP contribution is 2.37. The number of halogens is 1. The fraction of sp³-hybridized carbons (Fsp3) is 0.733. The fourth-order valence-corrected chi connectivity index (χ4v) is 3.50. The average molecular weight is 341 g/mol. The molecule has 3 unspecified atom stereocenters. The van der Waals surface area contributed by atoms with Crippen LogP contribution in [-0.2, 0) is 0 Å². The van der Waals surface area contributed by atoms with Crippen molar-refractivity contribution in [3.8, 4) is 0 Å². The van der Waals surface area contributed by atoms with Crippen LogP contribution in [0.1, 0.15) is 46.5 Å². The van der Waals surface area contributed by atoms with Crippen molar-refractivity contribution in [3.05, 3.63) is 10.8 Å². The summed E-state index contributed by atoms with van der Waals surface area (Å²) in [6.45, 7) is 7.71. The van der Waals surface area contributed by atoms with Crippen LogP contribution in [0.2, 0.25) is 0 Å². The highest BCUT2D eigenvalue weighted by molar-refractivity contribution is 9.10. The molecule has 3 atom stereocenters. The lowest BCUT2D eigenvalue weighted by molar-refractivity contribution is 0.391. The Balaban J connectivity index is 2.06. The summed E-state index contributed by atoms with van der Waals surface area (Å²) in [4.78, 5) is 8.68. The lowest BCUT2D eigenvalue weighted by atomic mass is 9.93. The molecule has 1 heterocycles. The van der Waals surface area contributed by atoms with E-state index in [1.807, 2.05) is 0 Å². The molecule has 2 rings (SSSR count). The summed E-state index contributed by atoms with van der Waals surface area (Å²) >= 11 is 3.62. The van der Waals surface area contributed by atoms with Crippen LogP contribution in [0.15, 0.2) is 10.8 Å². The van der Waals surface area contributed by atoms with Gasteiger partial charge in [-0.15, -0.1) is 0 Å². The van der Waals surface area contributed by atoms with Gasteiger partial charge in [-0.25, -0.2) is 9.97 Å². The number of hydrogen-bond donors (Lipinski definition) is 2. The summed E-state index contributed by atoms with van der Waals surface area (Å²) in [5.74, 6) is 3.33. The quantitative estimate of drug-likeness (QED) is 0.810. The topological polar surface area (TPSA) is 49.8 Å². The molecule has 112 valence electrons. The maximum atomic E-state index is 4.39. The molecule has 20 heavy (non-hydrogen) atoms. The monoisotopic (exact) mass is 340 g/mol. The van der Waals surface area contributed by atoms with Gasteiger partial charge < -0.3 is 10.6 Å². The minimum Gasteiger partial charge on any atom is -0.369 e. The molecule has 0 aromatic carbocycles. The molecule has 1 aromatic rings. The summed E-state index contributed by atoms with van der Waals surface area (Å²) in [5, 5.41) is 6.92. The summed E-state index contributed by atoms with van der Waals surface area (Å²) in [6.07, 6.45) is 6.53. The summed E-state index contributed by atoms with van der Waals surface area (Å²) in [5.41, 5.74) is 0. The maximum absolute atomic E-state index is 4.39. The summed E-state index contributed by atoms with van der Waals surface area (Å²) in [6, 6.07) is 0.519. The van der Waals surface area contributed by atoms with Crippen molar-refractivity contribution in [1.82, 2.24) is 9.97 Å². The Labute approximate surface area is 130 Å². The molecule has 1 aromatic heterocycles. The molecule has 1 fully saturated rings. The number of nitrogens with zero attached hydrogens (tertiary/aromatic N) is 2. The minimum atomic E-state index is 0.519. The number of anilines is 2. The molecule has 4 nitrogen and oxygen atoms in total. The van der Waals surface area contributed by atoms with E-state index < -0.39 is 0 Å². The van der Waals surface area contributed by atoms with E-state index in [9.17, 15) is 0 Å². The average Bonchev–Trinajstić information content (AvgIpc) is 2.80. The van der Waals surface area contributed by atoms with Gasteiger partial charge in [0.05, 0.1) is 0 Å². The normalized spacial score (nSPS) is 25.7. The van der Waals surface area contributed by atoms with E-state index in [0.29, 0.717) is 12.0 Å². The lowest BCUT2D eigenvalue weighted by Gasteiger charge is -2.22. The van der Waals surface area contributed by atoms with Gasteiger partial charge in [0.1, 0.15) is 22.4 Å². The van der Waals surface area contributed by atoms with Gasteiger partial charge in [0.15, 0.2) is 0 Å². The van der Waals surface area contributed by atoms with Gasteiger partial charge >= 0.3 is 0 Å². The molecule has 0 amide bonds. The zero-order chi connectivity index (χ0) is 14.5. The van der Waals surface area contributed by atoms with Gasteiger partial charge in [0.25, 0.3) is 0 Å². The van der Waals surface area contributed by atoms with E-state index in [0.717, 1.165) is 35.0 Å². The van der Waals surface area contributed by atoms with E-state index in [1.54, 1.807) is 6.33 Å². The van der Waals surface area contributed by atoms with E-state index in [-0.39, 0.29) is 0 Å². The van der Waals surface area contributed by atoms with Gasteiger partial charge in [0, 0.05) is 12.6 Å². The second-order valence-corrected chi connectivity index (χ2v) is 6.46. The molecule has 0 bridgehead atoms. The number of rotatable bonds is 6. The standard InChI is InChI=1S/C15H25BrN4/c1-4-8-17-14-13(16)15(19-9-18-14)20-12-7-6-11(5-2)10(12)3/h9-12H,4-8H2,1-3H3,(H2,17,18,19,20). The summed E-state index contributed by atoms with van der Waals surface area (Å²) < 4.78 is 0.945. The van der Waals surface area contributed by atoms with Gasteiger partial charge in [-0.1, -0.05) is 27.2 Å². The van der Waals surface area contributed by atoms with Crippen LogP contribution in [-0.4, -0.2) is 22.6 Å². The molecule has 0 radical (unpaired) electrons. The largest absolute Gasteiger partial charge is 0.369 e. The van der Waals surface area contributed by atoms with Gasteiger partial charge in [-0.3, -0.25) is 0 Å². The Morgan fingerprint density at radius 2 is 2.00 bits per heavy atom. The van der Waals surface area contributed by atoms with Crippen molar-refractivity contribution in [1.29, 1.82) is 0 Å². The Morgan fingerprint density at radius 3 is 2.65 bits per heavy atom. The molecule has 1 saturated carbocycles. The second-order valence-electron chi connectivity index (χ2n) is 5.67. The summed E-state index contributed by atoms with van der Waals surface area (Å²) in [7, 11) is 0. The zero-order valence-electron chi connectivity index (χ0n) is 12.6. The van der Waals surface area contributed by atoms with Crippen LogP contribution in [0.4, 0.5) is 11.6 Å². The Kier molecular flexibility index (Phi) is 5.64. The fourth-order valence-electron chi connectivity index (χ4n) is 3.04. The first-order valence-electron chi connectivity index (χ1n) is 7.68. The van der Waals surface area contributed by atoms with Crippen molar-refractivity contribution in [2.45, 2.75) is 52.5 Å². The third kappa shape index (κ3) is 3.43. The van der Waals surface area contributed by atoms with Crippen LogP contribution in [0, 0.1) is 11.8 Å². The molecule has 1 aliphatic carbocycles. The van der Waals surface area contributed by atoms with Crippen molar-refractivity contribution in [2.75, 3.05) is 17.2 Å². The minimum absolute atomic E-state index is 0.519. The zero-order valence-corrected chi connectivity index (χ0v) is 14.2. The van der Waals surface area contributed by atoms with Crippen LogP contribution in [0.25, 0.3) is 0 Å². The van der Waals surface area contributed by atoms with E-state index >= 15 is 0 Å². The first kappa shape index (κ1) is 15.5. The molecular weight excluding hydrogens is 316 g/mol. The third-order valence-corrected chi connectivity index (χ3v) is 5.16. The lowest BCUT2D eigenvalue weighted by Crippen LogP contribution is -2.25. The maximum Gasteiger partial charge on any atom is 0.146 e. The molecular formula is C15H25BrN4. The smallest absolute Gasteiger partial charge is 0.146 e. The Bertz CT molecular complexity index is 438. The second kappa shape index (κ2) is 7.25. The van der Waals surface area contributed by atoms with Crippen molar-refractivity contribution in [2.24, 2.45) is 11.8 Å². The highest BCUT2D eigenvalue weighted by Gasteiger charge is 2.32. The molecule has 2 N–H and O–H groups in total. The van der Waals surface area contributed by atoms with E-state index in [1.165, 1.54) is 19.3 Å². The van der Waals surface area contributed by atoms with Gasteiger partial charge in [-0.2, -0.15) is 0 Å². The number of aromatic nitrogens is 2. The molecule has 0 aliphatic heterocycles. The molecule has 1 aliphatic rings. The molecule has 5 heteroatoms. The van der Waals surface area contributed by atoms with Crippen LogP contribution >= 0.6 is 15.9 Å². The van der Waals surface area contributed by atoms with Crippen LogP contribution in [0.5, 0.6) is 0 Å². The predicted octanol–water partition coefficient (Wildman–Crippen LogP) is 4.30. The number of hydrogen-bond acceptors (Lipinski definition) is 4. The highest BCUT2D eigenvalue weighted by atomic mass is 79.9. The first-order chi connectivity index (χ1) is 9.67. The first-order valence-corrected chi connectivity index (χ1v) is 8.47. The van der Waals surface area contributed by atoms with Gasteiger partial charge in [-0.05, 0) is 47.0 Å². The van der Waals surface area contributed by atoms with Crippen molar-refractivity contribution in [3.63, 3.8) is 0 Å². The van der Waals surface area contributed by atoms with Gasteiger partial charge in [0.2, 0.25) is 0 Å². The Morgan fingerprint density at radius 1 is 1.25 bits per heavy atom. The Hall–Kier alpha value is -0.840. The van der Waals surface area contributed by atoms with E-state index in [4.69, 9.17) is 0 Å².